The number of nitrogens with zero attached hydrogens (tertiary/aromatic N) is 1. The van der Waals surface area contributed by atoms with Crippen LogP contribution in [0.25, 0.3) is 0 Å². The third kappa shape index (κ3) is 3.13. The summed E-state index contributed by atoms with van der Waals surface area (Å²) in [6.45, 7) is 3.07. The van der Waals surface area contributed by atoms with E-state index in [4.69, 9.17) is 4.74 Å². The molecule has 0 aromatic heterocycles. The summed E-state index contributed by atoms with van der Waals surface area (Å²) in [5, 5.41) is 11.4. The lowest BCUT2D eigenvalue weighted by molar-refractivity contribution is -0.145. The number of ether oxygens (including phenoxy) is 1. The van der Waals surface area contributed by atoms with Gasteiger partial charge in [-0.05, 0) is 13.0 Å². The van der Waals surface area contributed by atoms with Crippen molar-refractivity contribution in [3.05, 3.63) is 65.7 Å². The van der Waals surface area contributed by atoms with Crippen LogP contribution in [0.1, 0.15) is 29.8 Å². The predicted molar refractivity (Wildman–Crippen MR) is 99.3 cm³/mol. The van der Waals surface area contributed by atoms with Gasteiger partial charge >= 0.3 is 5.97 Å². The van der Waals surface area contributed by atoms with Crippen molar-refractivity contribution in [2.75, 3.05) is 18.1 Å². The van der Waals surface area contributed by atoms with Gasteiger partial charge in [-0.15, -0.1) is 0 Å². The van der Waals surface area contributed by atoms with Crippen LogP contribution in [-0.2, 0) is 19.9 Å². The normalized spacial score (nSPS) is 19.5. The lowest BCUT2D eigenvalue weighted by Gasteiger charge is -2.28. The number of hydrogen-bond acceptors (Lipinski definition) is 5. The largest absolute Gasteiger partial charge is 0.465 e. The third-order valence-corrected chi connectivity index (χ3v) is 4.85. The van der Waals surface area contributed by atoms with Crippen LogP contribution in [0, 0.1) is 5.92 Å². The van der Waals surface area contributed by atoms with Gasteiger partial charge in [0.05, 0.1) is 18.2 Å². The van der Waals surface area contributed by atoms with Gasteiger partial charge in [0.25, 0.3) is 5.91 Å². The van der Waals surface area contributed by atoms with Gasteiger partial charge < -0.3 is 9.84 Å². The highest BCUT2D eigenvalue weighted by atomic mass is 16.5. The average molecular weight is 367 g/mol. The molecule has 0 saturated heterocycles. The van der Waals surface area contributed by atoms with Crippen LogP contribution in [0.5, 0.6) is 0 Å². The fourth-order valence-corrected chi connectivity index (χ4v) is 3.41. The zero-order chi connectivity index (χ0) is 19.6. The van der Waals surface area contributed by atoms with Crippen molar-refractivity contribution >= 4 is 23.3 Å². The van der Waals surface area contributed by atoms with E-state index in [2.05, 4.69) is 0 Å². The Morgan fingerprint density at radius 1 is 1.11 bits per heavy atom. The molecule has 27 heavy (non-hydrogen) atoms. The van der Waals surface area contributed by atoms with Crippen molar-refractivity contribution in [1.82, 2.24) is 0 Å². The number of anilines is 1. The molecule has 1 N–H and O–H groups in total. The summed E-state index contributed by atoms with van der Waals surface area (Å²) >= 11 is 0. The summed E-state index contributed by atoms with van der Waals surface area (Å²) in [6.07, 6.45) is 0. The van der Waals surface area contributed by atoms with Gasteiger partial charge in [-0.3, -0.25) is 19.3 Å². The summed E-state index contributed by atoms with van der Waals surface area (Å²) < 4.78 is 4.93. The quantitative estimate of drug-likeness (QED) is 0.626. The third-order valence-electron chi connectivity index (χ3n) is 4.85. The molecule has 0 radical (unpaired) electrons. The van der Waals surface area contributed by atoms with E-state index in [0.717, 1.165) is 0 Å². The number of aliphatic hydroxyl groups is 1. The first-order valence-corrected chi connectivity index (χ1v) is 8.80. The van der Waals surface area contributed by atoms with Gasteiger partial charge in [0.15, 0.2) is 11.4 Å². The molecule has 1 heterocycles. The minimum atomic E-state index is -2.05. The Hall–Kier alpha value is -2.99. The minimum absolute atomic E-state index is 0.190. The van der Waals surface area contributed by atoms with E-state index >= 15 is 0 Å². The molecule has 6 nitrogen and oxygen atoms in total. The highest BCUT2D eigenvalue weighted by Crippen LogP contribution is 2.45. The Kier molecular flexibility index (Phi) is 5.10. The Morgan fingerprint density at radius 3 is 2.41 bits per heavy atom. The van der Waals surface area contributed by atoms with Crippen LogP contribution in [0.2, 0.25) is 0 Å². The Morgan fingerprint density at radius 2 is 1.74 bits per heavy atom. The molecule has 0 aliphatic carbocycles. The maximum absolute atomic E-state index is 13.1. The molecular weight excluding hydrogens is 346 g/mol. The van der Waals surface area contributed by atoms with E-state index in [9.17, 15) is 19.5 Å². The second-order valence-electron chi connectivity index (χ2n) is 6.43. The van der Waals surface area contributed by atoms with Gasteiger partial charge in [-0.25, -0.2) is 0 Å². The van der Waals surface area contributed by atoms with Crippen LogP contribution < -0.4 is 4.90 Å². The van der Waals surface area contributed by atoms with E-state index in [1.54, 1.807) is 61.5 Å². The van der Waals surface area contributed by atoms with E-state index < -0.39 is 23.4 Å². The number of carbonyl (C=O) groups excluding carboxylic acids is 3. The number of hydrogen-bond donors (Lipinski definition) is 1. The Bertz CT molecular complexity index is 879. The molecule has 1 amide bonds. The molecule has 2 unspecified atom stereocenters. The van der Waals surface area contributed by atoms with Gasteiger partial charge in [-0.2, -0.15) is 0 Å². The average Bonchev–Trinajstić information content (AvgIpc) is 2.91. The molecule has 3 rings (SSSR count). The van der Waals surface area contributed by atoms with Crippen LogP contribution >= 0.6 is 0 Å². The van der Waals surface area contributed by atoms with Crippen LogP contribution in [0.15, 0.2) is 54.6 Å². The number of para-hydroxylation sites is 1. The molecule has 0 bridgehead atoms. The smallest absolute Gasteiger partial charge is 0.326 e. The number of fused-ring (bicyclic) bond motifs is 1. The Labute approximate surface area is 157 Å². The monoisotopic (exact) mass is 367 g/mol. The van der Waals surface area contributed by atoms with Crippen molar-refractivity contribution in [3.8, 4) is 0 Å². The molecule has 2 aromatic rings. The first-order valence-electron chi connectivity index (χ1n) is 8.80. The highest BCUT2D eigenvalue weighted by molar-refractivity contribution is 6.13. The van der Waals surface area contributed by atoms with Gasteiger partial charge in [0.1, 0.15) is 6.54 Å². The summed E-state index contributed by atoms with van der Waals surface area (Å²) in [7, 11) is 0. The molecule has 2 atom stereocenters. The zero-order valence-corrected chi connectivity index (χ0v) is 15.2. The molecule has 0 saturated carbocycles. The zero-order valence-electron chi connectivity index (χ0n) is 15.2. The molecule has 1 aliphatic heterocycles. The first kappa shape index (κ1) is 18.8. The number of esters is 1. The molecular formula is C21H21NO5. The number of ketones is 1. The summed E-state index contributed by atoms with van der Waals surface area (Å²) in [4.78, 5) is 39.1. The number of benzene rings is 2. The standard InChI is InChI=1S/C21H21NO5/c1-3-27-18(23)13-22-17-12-8-7-11-16(17)21(26,20(22)25)14(2)19(24)15-9-5-4-6-10-15/h4-12,14,26H,3,13H2,1-2H3. The number of amides is 1. The molecule has 140 valence electrons. The van der Waals surface area contributed by atoms with Crippen LogP contribution in [0.3, 0.4) is 0 Å². The number of rotatable bonds is 6. The highest BCUT2D eigenvalue weighted by Gasteiger charge is 2.55. The lowest BCUT2D eigenvalue weighted by atomic mass is 9.79. The number of Topliss-reactive ketones (excluding diaryl/α,β-unsaturated/α-hetero) is 1. The fourth-order valence-electron chi connectivity index (χ4n) is 3.41. The van der Waals surface area contributed by atoms with Crippen molar-refractivity contribution in [1.29, 1.82) is 0 Å². The molecule has 0 spiro atoms. The van der Waals surface area contributed by atoms with Crippen LogP contribution in [-0.4, -0.2) is 35.9 Å². The van der Waals surface area contributed by atoms with Gasteiger partial charge in [0.2, 0.25) is 0 Å². The summed E-state index contributed by atoms with van der Waals surface area (Å²) in [6, 6.07) is 15.2. The fraction of sp³-hybridized carbons (Fsp3) is 0.286. The summed E-state index contributed by atoms with van der Waals surface area (Å²) in [5.41, 5.74) is -0.912. The SMILES string of the molecule is CCOC(=O)CN1C(=O)C(O)(C(C)C(=O)c2ccccc2)c2ccccc21. The molecule has 2 aromatic carbocycles. The van der Waals surface area contributed by atoms with E-state index in [-0.39, 0.29) is 18.9 Å². The predicted octanol–water partition coefficient (Wildman–Crippen LogP) is 2.30. The topological polar surface area (TPSA) is 83.9 Å². The lowest BCUT2D eigenvalue weighted by Crippen LogP contribution is -2.48. The molecule has 6 heteroatoms. The number of carbonyl (C=O) groups is 3. The maximum Gasteiger partial charge on any atom is 0.326 e. The Balaban J connectivity index is 2.00. The van der Waals surface area contributed by atoms with Crippen LogP contribution in [0.4, 0.5) is 5.69 Å². The van der Waals surface area contributed by atoms with Gasteiger partial charge in [0, 0.05) is 11.1 Å². The maximum atomic E-state index is 13.1. The minimum Gasteiger partial charge on any atom is -0.465 e. The van der Waals surface area contributed by atoms with Crippen molar-refractivity contribution in [3.63, 3.8) is 0 Å². The van der Waals surface area contributed by atoms with Gasteiger partial charge in [-0.1, -0.05) is 55.5 Å². The summed E-state index contributed by atoms with van der Waals surface area (Å²) in [5.74, 6) is -2.65. The molecule has 1 aliphatic rings. The van der Waals surface area contributed by atoms with Crippen molar-refractivity contribution in [2.45, 2.75) is 19.4 Å². The van der Waals surface area contributed by atoms with E-state index in [1.807, 2.05) is 0 Å². The second kappa shape index (κ2) is 7.32. The first-order chi connectivity index (χ1) is 12.9. The second-order valence-corrected chi connectivity index (χ2v) is 6.43. The van der Waals surface area contributed by atoms with Crippen molar-refractivity contribution < 1.29 is 24.2 Å². The van der Waals surface area contributed by atoms with Crippen molar-refractivity contribution in [2.24, 2.45) is 5.92 Å². The molecule has 0 fully saturated rings. The van der Waals surface area contributed by atoms with E-state index in [0.29, 0.717) is 16.8 Å². The van der Waals surface area contributed by atoms with E-state index in [1.165, 1.54) is 11.8 Å².